The Kier molecular flexibility index (Phi) is 4.02. The summed E-state index contributed by atoms with van der Waals surface area (Å²) in [5, 5.41) is 0. The van der Waals surface area contributed by atoms with Crippen LogP contribution in [0.4, 0.5) is 0 Å². The van der Waals surface area contributed by atoms with Crippen molar-refractivity contribution >= 4 is 5.91 Å². The molecule has 1 fully saturated rings. The number of nitrogens with two attached hydrogens (primary N) is 1. The number of nitrogens with zero attached hydrogens (tertiary/aromatic N) is 1. The Morgan fingerprint density at radius 1 is 1.33 bits per heavy atom. The van der Waals surface area contributed by atoms with E-state index in [4.69, 9.17) is 5.73 Å². The van der Waals surface area contributed by atoms with E-state index in [9.17, 15) is 4.79 Å². The SMILES string of the molecule is Cc1cccc(C)c1C(=O)N1CCCCC1CN. The number of carbonyl (C=O) groups excluding carboxylic acids is 1. The van der Waals surface area contributed by atoms with E-state index >= 15 is 0 Å². The van der Waals surface area contributed by atoms with Crippen LogP contribution in [0.2, 0.25) is 0 Å². The monoisotopic (exact) mass is 246 g/mol. The standard InChI is InChI=1S/C15H22N2O/c1-11-6-5-7-12(2)14(11)15(18)17-9-4-3-8-13(17)10-16/h5-7,13H,3-4,8-10,16H2,1-2H3. The Morgan fingerprint density at radius 3 is 2.61 bits per heavy atom. The summed E-state index contributed by atoms with van der Waals surface area (Å²) in [7, 11) is 0. The number of amides is 1. The lowest BCUT2D eigenvalue weighted by Crippen LogP contribution is -2.47. The van der Waals surface area contributed by atoms with E-state index in [1.165, 1.54) is 6.42 Å². The van der Waals surface area contributed by atoms with E-state index < -0.39 is 0 Å². The molecule has 3 nitrogen and oxygen atoms in total. The fourth-order valence-corrected chi connectivity index (χ4v) is 2.81. The Morgan fingerprint density at radius 2 is 2.00 bits per heavy atom. The molecule has 2 rings (SSSR count). The van der Waals surface area contributed by atoms with Crippen LogP contribution >= 0.6 is 0 Å². The van der Waals surface area contributed by atoms with Crippen molar-refractivity contribution in [2.75, 3.05) is 13.1 Å². The smallest absolute Gasteiger partial charge is 0.254 e. The maximum Gasteiger partial charge on any atom is 0.254 e. The lowest BCUT2D eigenvalue weighted by Gasteiger charge is -2.35. The summed E-state index contributed by atoms with van der Waals surface area (Å²) in [6, 6.07) is 6.21. The molecule has 0 saturated carbocycles. The molecule has 0 aromatic heterocycles. The predicted octanol–water partition coefficient (Wildman–Crippen LogP) is 2.26. The first-order valence-corrected chi connectivity index (χ1v) is 6.72. The van der Waals surface area contributed by atoms with Gasteiger partial charge in [0.2, 0.25) is 0 Å². The van der Waals surface area contributed by atoms with Gasteiger partial charge in [0.15, 0.2) is 0 Å². The van der Waals surface area contributed by atoms with E-state index in [1.54, 1.807) is 0 Å². The maximum atomic E-state index is 12.7. The molecular formula is C15H22N2O. The van der Waals surface area contributed by atoms with E-state index in [0.29, 0.717) is 6.54 Å². The van der Waals surface area contributed by atoms with Crippen molar-refractivity contribution in [3.05, 3.63) is 34.9 Å². The fraction of sp³-hybridized carbons (Fsp3) is 0.533. The van der Waals surface area contributed by atoms with Crippen LogP contribution in [0.3, 0.4) is 0 Å². The number of aryl methyl sites for hydroxylation is 2. The van der Waals surface area contributed by atoms with Gasteiger partial charge in [-0.3, -0.25) is 4.79 Å². The molecule has 98 valence electrons. The Bertz CT molecular complexity index is 422. The minimum Gasteiger partial charge on any atom is -0.334 e. The molecule has 1 amide bonds. The molecule has 1 saturated heterocycles. The summed E-state index contributed by atoms with van der Waals surface area (Å²) in [4.78, 5) is 14.7. The summed E-state index contributed by atoms with van der Waals surface area (Å²) in [6.45, 7) is 5.41. The molecule has 1 aliphatic heterocycles. The topological polar surface area (TPSA) is 46.3 Å². The summed E-state index contributed by atoms with van der Waals surface area (Å²) in [5.41, 5.74) is 8.76. The normalized spacial score (nSPS) is 19.9. The highest BCUT2D eigenvalue weighted by Gasteiger charge is 2.27. The average molecular weight is 246 g/mol. The summed E-state index contributed by atoms with van der Waals surface area (Å²) in [5.74, 6) is 0.153. The molecule has 3 heteroatoms. The van der Waals surface area contributed by atoms with Gasteiger partial charge in [-0.05, 0) is 44.2 Å². The maximum absolute atomic E-state index is 12.7. The van der Waals surface area contributed by atoms with Crippen LogP contribution < -0.4 is 5.73 Å². The number of carbonyl (C=O) groups is 1. The molecule has 1 heterocycles. The van der Waals surface area contributed by atoms with Gasteiger partial charge < -0.3 is 10.6 Å². The summed E-state index contributed by atoms with van der Waals surface area (Å²) in [6.07, 6.45) is 3.30. The van der Waals surface area contributed by atoms with E-state index in [1.807, 2.05) is 36.9 Å². The fourth-order valence-electron chi connectivity index (χ4n) is 2.81. The molecule has 18 heavy (non-hydrogen) atoms. The predicted molar refractivity (Wildman–Crippen MR) is 73.6 cm³/mol. The molecule has 0 bridgehead atoms. The van der Waals surface area contributed by atoms with Gasteiger partial charge in [0.25, 0.3) is 5.91 Å². The first-order valence-electron chi connectivity index (χ1n) is 6.72. The van der Waals surface area contributed by atoms with Crippen molar-refractivity contribution in [3.8, 4) is 0 Å². The Hall–Kier alpha value is -1.35. The van der Waals surface area contributed by atoms with Gasteiger partial charge in [-0.25, -0.2) is 0 Å². The highest BCUT2D eigenvalue weighted by molar-refractivity contribution is 5.97. The molecule has 0 radical (unpaired) electrons. The van der Waals surface area contributed by atoms with Gasteiger partial charge >= 0.3 is 0 Å². The third-order valence-electron chi connectivity index (χ3n) is 3.86. The molecule has 0 spiro atoms. The minimum atomic E-state index is 0.153. The van der Waals surface area contributed by atoms with E-state index in [2.05, 4.69) is 0 Å². The molecule has 1 atom stereocenters. The second kappa shape index (κ2) is 5.53. The van der Waals surface area contributed by atoms with Crippen molar-refractivity contribution in [3.63, 3.8) is 0 Å². The molecule has 1 aliphatic rings. The van der Waals surface area contributed by atoms with Crippen LogP contribution in [0, 0.1) is 13.8 Å². The third kappa shape index (κ3) is 2.41. The van der Waals surface area contributed by atoms with Crippen LogP contribution in [-0.2, 0) is 0 Å². The quantitative estimate of drug-likeness (QED) is 0.870. The molecule has 1 aromatic carbocycles. The number of benzene rings is 1. The van der Waals surface area contributed by atoms with Gasteiger partial charge in [-0.15, -0.1) is 0 Å². The van der Waals surface area contributed by atoms with Crippen LogP contribution in [0.15, 0.2) is 18.2 Å². The zero-order chi connectivity index (χ0) is 13.1. The van der Waals surface area contributed by atoms with Crippen LogP contribution in [0.25, 0.3) is 0 Å². The van der Waals surface area contributed by atoms with Gasteiger partial charge in [0, 0.05) is 24.7 Å². The van der Waals surface area contributed by atoms with Crippen molar-refractivity contribution in [1.29, 1.82) is 0 Å². The average Bonchev–Trinajstić information content (AvgIpc) is 2.38. The van der Waals surface area contributed by atoms with Crippen LogP contribution in [0.5, 0.6) is 0 Å². The van der Waals surface area contributed by atoms with Crippen LogP contribution in [0.1, 0.15) is 40.7 Å². The highest BCUT2D eigenvalue weighted by Crippen LogP contribution is 2.22. The first-order chi connectivity index (χ1) is 8.65. The Labute approximate surface area is 109 Å². The molecule has 1 unspecified atom stereocenters. The Balaban J connectivity index is 2.30. The number of rotatable bonds is 2. The summed E-state index contributed by atoms with van der Waals surface area (Å²) < 4.78 is 0. The first kappa shape index (κ1) is 13.1. The van der Waals surface area contributed by atoms with Crippen molar-refractivity contribution < 1.29 is 4.79 Å². The second-order valence-corrected chi connectivity index (χ2v) is 5.15. The lowest BCUT2D eigenvalue weighted by atomic mass is 9.97. The van der Waals surface area contributed by atoms with E-state index in [-0.39, 0.29) is 11.9 Å². The van der Waals surface area contributed by atoms with Gasteiger partial charge in [-0.2, -0.15) is 0 Å². The lowest BCUT2D eigenvalue weighted by molar-refractivity contribution is 0.0622. The molecular weight excluding hydrogens is 224 g/mol. The largest absolute Gasteiger partial charge is 0.334 e. The zero-order valence-corrected chi connectivity index (χ0v) is 11.3. The van der Waals surface area contributed by atoms with Crippen molar-refractivity contribution in [2.45, 2.75) is 39.2 Å². The number of hydrogen-bond donors (Lipinski definition) is 1. The van der Waals surface area contributed by atoms with Crippen LogP contribution in [-0.4, -0.2) is 29.9 Å². The number of piperidine rings is 1. The van der Waals surface area contributed by atoms with E-state index in [0.717, 1.165) is 36.1 Å². The molecule has 0 aliphatic carbocycles. The van der Waals surface area contributed by atoms with Crippen molar-refractivity contribution in [1.82, 2.24) is 4.90 Å². The number of hydrogen-bond acceptors (Lipinski definition) is 2. The number of likely N-dealkylation sites (tertiary alicyclic amines) is 1. The minimum absolute atomic E-state index is 0.153. The van der Waals surface area contributed by atoms with Crippen molar-refractivity contribution in [2.24, 2.45) is 5.73 Å². The van der Waals surface area contributed by atoms with Gasteiger partial charge in [-0.1, -0.05) is 18.2 Å². The second-order valence-electron chi connectivity index (χ2n) is 5.15. The summed E-state index contributed by atoms with van der Waals surface area (Å²) >= 11 is 0. The van der Waals surface area contributed by atoms with Gasteiger partial charge in [0.1, 0.15) is 0 Å². The third-order valence-corrected chi connectivity index (χ3v) is 3.86. The molecule has 1 aromatic rings. The zero-order valence-electron chi connectivity index (χ0n) is 11.3. The molecule has 2 N–H and O–H groups in total. The van der Waals surface area contributed by atoms with Gasteiger partial charge in [0.05, 0.1) is 0 Å². The highest BCUT2D eigenvalue weighted by atomic mass is 16.2.